The molecule has 0 saturated carbocycles. The van der Waals surface area contributed by atoms with Crippen molar-refractivity contribution in [3.8, 4) is 0 Å². The summed E-state index contributed by atoms with van der Waals surface area (Å²) in [5.74, 6) is -1.19. The van der Waals surface area contributed by atoms with E-state index in [1.165, 1.54) is 37.4 Å². The monoisotopic (exact) mass is 266 g/mol. The molecular weight excluding hydrogens is 244 g/mol. The summed E-state index contributed by atoms with van der Waals surface area (Å²) in [7, 11) is 2.20. The fourth-order valence-corrected chi connectivity index (χ4v) is 2.13. The molecule has 1 aliphatic rings. The van der Waals surface area contributed by atoms with Crippen LogP contribution in [0.15, 0.2) is 18.5 Å². The normalized spacial score (nSPS) is 20.5. The van der Waals surface area contributed by atoms with Crippen LogP contribution in [0, 0.1) is 6.92 Å². The summed E-state index contributed by atoms with van der Waals surface area (Å²) in [6.07, 6.45) is 5.25. The van der Waals surface area contributed by atoms with Gasteiger partial charge in [-0.15, -0.1) is 0 Å². The van der Waals surface area contributed by atoms with Crippen LogP contribution in [-0.4, -0.2) is 45.8 Å². The standard InChI is InChI=1S/C11H16N2.C3H6O3/c1-9-5-6-12-8-10(9)11-4-3-7-13(11)2;1-2(4)3(5)6/h5-6,8,11H,3-4,7H2,1-2H3;2,4H,1H3,(H,5,6)/t11-;2-/m00/s1. The lowest BCUT2D eigenvalue weighted by atomic mass is 10.0. The first-order valence-corrected chi connectivity index (χ1v) is 6.45. The van der Waals surface area contributed by atoms with Crippen LogP contribution in [0.3, 0.4) is 0 Å². The van der Waals surface area contributed by atoms with Gasteiger partial charge in [0.2, 0.25) is 0 Å². The van der Waals surface area contributed by atoms with Gasteiger partial charge in [0.1, 0.15) is 6.10 Å². The van der Waals surface area contributed by atoms with E-state index in [0.717, 1.165) is 0 Å². The van der Waals surface area contributed by atoms with E-state index in [4.69, 9.17) is 10.2 Å². The number of aliphatic hydroxyl groups excluding tert-OH is 1. The predicted octanol–water partition coefficient (Wildman–Crippen LogP) is 1.61. The molecule has 1 aliphatic heterocycles. The molecule has 106 valence electrons. The zero-order valence-corrected chi connectivity index (χ0v) is 11.7. The number of aliphatic carboxylic acids is 1. The summed E-state index contributed by atoms with van der Waals surface area (Å²) in [6.45, 7) is 4.59. The van der Waals surface area contributed by atoms with Crippen LogP contribution in [0.4, 0.5) is 0 Å². The third-order valence-corrected chi connectivity index (χ3v) is 3.32. The summed E-state index contributed by atoms with van der Waals surface area (Å²) in [5.41, 5.74) is 2.77. The second-order valence-electron chi connectivity index (χ2n) is 4.89. The van der Waals surface area contributed by atoms with Gasteiger partial charge in [-0.2, -0.15) is 0 Å². The molecule has 0 unspecified atom stereocenters. The van der Waals surface area contributed by atoms with Crippen molar-refractivity contribution in [3.63, 3.8) is 0 Å². The summed E-state index contributed by atoms with van der Waals surface area (Å²) in [4.78, 5) is 16.1. The van der Waals surface area contributed by atoms with Crippen LogP contribution in [0.1, 0.15) is 36.9 Å². The van der Waals surface area contributed by atoms with Gasteiger partial charge in [0.25, 0.3) is 0 Å². The van der Waals surface area contributed by atoms with E-state index in [1.807, 2.05) is 12.4 Å². The van der Waals surface area contributed by atoms with Crippen molar-refractivity contribution in [1.82, 2.24) is 9.88 Å². The minimum absolute atomic E-state index is 0.605. The molecule has 0 spiro atoms. The van der Waals surface area contributed by atoms with Crippen molar-refractivity contribution >= 4 is 5.97 Å². The number of carbonyl (C=O) groups is 1. The average molecular weight is 266 g/mol. The Bertz CT molecular complexity index is 421. The maximum Gasteiger partial charge on any atom is 0.332 e. The maximum absolute atomic E-state index is 9.45. The van der Waals surface area contributed by atoms with Crippen LogP contribution in [0.2, 0.25) is 0 Å². The molecule has 2 atom stereocenters. The molecule has 1 fully saturated rings. The molecule has 5 heteroatoms. The Kier molecular flexibility index (Phi) is 5.92. The number of nitrogens with zero attached hydrogens (tertiary/aromatic N) is 2. The van der Waals surface area contributed by atoms with Gasteiger partial charge in [0, 0.05) is 18.4 Å². The molecule has 2 N–H and O–H groups in total. The largest absolute Gasteiger partial charge is 0.479 e. The molecule has 5 nitrogen and oxygen atoms in total. The topological polar surface area (TPSA) is 73.7 Å². The number of carboxylic acid groups (broad SMARTS) is 1. The molecule has 0 radical (unpaired) electrons. The van der Waals surface area contributed by atoms with Gasteiger partial charge in [-0.1, -0.05) is 0 Å². The average Bonchev–Trinajstić information content (AvgIpc) is 2.77. The number of hydrogen-bond acceptors (Lipinski definition) is 4. The first kappa shape index (κ1) is 15.6. The molecule has 0 amide bonds. The van der Waals surface area contributed by atoms with Gasteiger partial charge in [-0.3, -0.25) is 9.88 Å². The third kappa shape index (κ3) is 4.61. The summed E-state index contributed by atoms with van der Waals surface area (Å²) < 4.78 is 0. The van der Waals surface area contributed by atoms with Crippen LogP contribution in [0.5, 0.6) is 0 Å². The molecule has 2 rings (SSSR count). The Morgan fingerprint density at radius 3 is 2.63 bits per heavy atom. The zero-order valence-electron chi connectivity index (χ0n) is 11.7. The van der Waals surface area contributed by atoms with E-state index >= 15 is 0 Å². The Morgan fingerprint density at radius 1 is 1.58 bits per heavy atom. The quantitative estimate of drug-likeness (QED) is 0.850. The zero-order chi connectivity index (χ0) is 14.4. The molecule has 1 aromatic rings. The van der Waals surface area contributed by atoms with E-state index in [0.29, 0.717) is 6.04 Å². The molecular formula is C14H22N2O3. The fraction of sp³-hybridized carbons (Fsp3) is 0.571. The fourth-order valence-electron chi connectivity index (χ4n) is 2.13. The highest BCUT2D eigenvalue weighted by Crippen LogP contribution is 2.31. The minimum atomic E-state index is -1.23. The third-order valence-electron chi connectivity index (χ3n) is 3.32. The summed E-state index contributed by atoms with van der Waals surface area (Å²) in [6, 6.07) is 2.70. The molecule has 2 heterocycles. The minimum Gasteiger partial charge on any atom is -0.479 e. The number of aromatic nitrogens is 1. The van der Waals surface area contributed by atoms with Gasteiger partial charge >= 0.3 is 5.97 Å². The van der Waals surface area contributed by atoms with E-state index in [2.05, 4.69) is 29.9 Å². The van der Waals surface area contributed by atoms with Gasteiger partial charge in [0.05, 0.1) is 0 Å². The molecule has 19 heavy (non-hydrogen) atoms. The van der Waals surface area contributed by atoms with Gasteiger partial charge in [-0.05, 0) is 57.5 Å². The first-order valence-electron chi connectivity index (χ1n) is 6.45. The Labute approximate surface area is 113 Å². The Hall–Kier alpha value is -1.46. The Balaban J connectivity index is 0.000000258. The molecule has 0 bridgehead atoms. The predicted molar refractivity (Wildman–Crippen MR) is 72.9 cm³/mol. The number of pyridine rings is 1. The van der Waals surface area contributed by atoms with Crippen molar-refractivity contribution in [2.24, 2.45) is 0 Å². The molecule has 1 saturated heterocycles. The molecule has 0 aromatic carbocycles. The van der Waals surface area contributed by atoms with Gasteiger partial charge in [0.15, 0.2) is 0 Å². The molecule has 1 aromatic heterocycles. The lowest BCUT2D eigenvalue weighted by Crippen LogP contribution is -2.18. The van der Waals surface area contributed by atoms with E-state index in [-0.39, 0.29) is 0 Å². The van der Waals surface area contributed by atoms with E-state index in [9.17, 15) is 4.79 Å². The highest BCUT2D eigenvalue weighted by molar-refractivity contribution is 5.71. The maximum atomic E-state index is 9.45. The van der Waals surface area contributed by atoms with Crippen molar-refractivity contribution in [1.29, 1.82) is 0 Å². The molecule has 0 aliphatic carbocycles. The highest BCUT2D eigenvalue weighted by atomic mass is 16.4. The van der Waals surface area contributed by atoms with Crippen molar-refractivity contribution < 1.29 is 15.0 Å². The number of aliphatic hydroxyl groups is 1. The van der Waals surface area contributed by atoms with E-state index < -0.39 is 12.1 Å². The highest BCUT2D eigenvalue weighted by Gasteiger charge is 2.23. The van der Waals surface area contributed by atoms with Crippen molar-refractivity contribution in [2.45, 2.75) is 38.8 Å². The van der Waals surface area contributed by atoms with Crippen molar-refractivity contribution in [3.05, 3.63) is 29.6 Å². The number of carboxylic acids is 1. The number of aryl methyl sites for hydroxylation is 1. The number of likely N-dealkylation sites (tertiary alicyclic amines) is 1. The second kappa shape index (κ2) is 7.21. The first-order chi connectivity index (χ1) is 8.93. The second-order valence-corrected chi connectivity index (χ2v) is 4.89. The lowest BCUT2D eigenvalue weighted by Gasteiger charge is -2.20. The van der Waals surface area contributed by atoms with Crippen LogP contribution >= 0.6 is 0 Å². The van der Waals surface area contributed by atoms with Crippen molar-refractivity contribution in [2.75, 3.05) is 13.6 Å². The van der Waals surface area contributed by atoms with Gasteiger partial charge in [-0.25, -0.2) is 4.79 Å². The van der Waals surface area contributed by atoms with E-state index in [1.54, 1.807) is 0 Å². The lowest BCUT2D eigenvalue weighted by molar-refractivity contribution is -0.145. The van der Waals surface area contributed by atoms with Crippen LogP contribution in [0.25, 0.3) is 0 Å². The summed E-state index contributed by atoms with van der Waals surface area (Å²) >= 11 is 0. The smallest absolute Gasteiger partial charge is 0.332 e. The van der Waals surface area contributed by atoms with Crippen LogP contribution in [-0.2, 0) is 4.79 Å². The SMILES string of the molecule is C[C@H](O)C(=O)O.Cc1ccncc1[C@@H]1CCCN1C. The van der Waals surface area contributed by atoms with Crippen LogP contribution < -0.4 is 0 Å². The number of hydrogen-bond donors (Lipinski definition) is 2. The summed E-state index contributed by atoms with van der Waals surface area (Å²) in [5, 5.41) is 15.8. The van der Waals surface area contributed by atoms with Gasteiger partial charge < -0.3 is 10.2 Å². The number of rotatable bonds is 2. The Morgan fingerprint density at radius 2 is 2.21 bits per heavy atom.